The van der Waals surface area contributed by atoms with Gasteiger partial charge in [0.15, 0.2) is 30.5 Å². The average molecular weight is 403 g/mol. The fourth-order valence-electron chi connectivity index (χ4n) is 4.64. The summed E-state index contributed by atoms with van der Waals surface area (Å²) in [5.41, 5.74) is 0.484. The number of ketones is 1. The molecule has 158 valence electrons. The molecule has 1 aromatic carbocycles. The Hall–Kier alpha value is -2.57. The number of carbonyl (C=O) groups is 3. The number of hydrogen-bond donors (Lipinski definition) is 1. The van der Waals surface area contributed by atoms with Crippen LogP contribution in [-0.2, 0) is 14.3 Å². The molecule has 0 saturated heterocycles. The van der Waals surface area contributed by atoms with Crippen LogP contribution in [0.1, 0.15) is 49.9 Å². The number of hydrogen-bond acceptors (Lipinski definition) is 6. The highest BCUT2D eigenvalue weighted by Crippen LogP contribution is 2.49. The molecule has 2 aliphatic rings. The maximum Gasteiger partial charge on any atom is 0.344 e. The molecule has 0 spiro atoms. The number of rotatable bonds is 9. The first-order valence-corrected chi connectivity index (χ1v) is 10.1. The van der Waals surface area contributed by atoms with Crippen LogP contribution in [0.2, 0.25) is 0 Å². The quantitative estimate of drug-likeness (QED) is 0.504. The second-order valence-corrected chi connectivity index (χ2v) is 8.07. The number of esters is 1. The molecule has 0 heterocycles. The molecule has 0 unspecified atom stereocenters. The van der Waals surface area contributed by atoms with Gasteiger partial charge in [0.2, 0.25) is 0 Å². The van der Waals surface area contributed by atoms with Crippen LogP contribution in [0.5, 0.6) is 11.5 Å². The summed E-state index contributed by atoms with van der Waals surface area (Å²) in [6.45, 7) is 2.81. The highest BCUT2D eigenvalue weighted by Gasteiger charge is 2.42. The molecule has 2 fully saturated rings. The topological polar surface area (TPSA) is 90.9 Å². The Morgan fingerprint density at radius 3 is 2.55 bits per heavy atom. The summed E-state index contributed by atoms with van der Waals surface area (Å²) in [4.78, 5) is 35.5. The largest absolute Gasteiger partial charge is 0.493 e. The molecule has 1 amide bonds. The maximum absolute atomic E-state index is 12.1. The minimum Gasteiger partial charge on any atom is -0.493 e. The van der Waals surface area contributed by atoms with E-state index in [9.17, 15) is 14.4 Å². The van der Waals surface area contributed by atoms with Gasteiger partial charge in [-0.25, -0.2) is 4.79 Å². The molecule has 4 atom stereocenters. The van der Waals surface area contributed by atoms with Gasteiger partial charge in [-0.3, -0.25) is 9.59 Å². The van der Waals surface area contributed by atoms with Gasteiger partial charge >= 0.3 is 5.97 Å². The zero-order valence-electron chi connectivity index (χ0n) is 17.2. The fraction of sp³-hybridized carbons (Fsp3) is 0.591. The number of carbonyl (C=O) groups excluding carboxylic acids is 3. The minimum atomic E-state index is -0.648. The third-order valence-electron chi connectivity index (χ3n) is 6.10. The number of methoxy groups -OCH3 is 1. The summed E-state index contributed by atoms with van der Waals surface area (Å²) in [5.74, 6) is 1.70. The zero-order valence-corrected chi connectivity index (χ0v) is 17.2. The molecule has 0 aliphatic heterocycles. The van der Waals surface area contributed by atoms with Crippen molar-refractivity contribution < 1.29 is 28.6 Å². The first-order valence-electron chi connectivity index (χ1n) is 10.1. The molecular formula is C22H29NO6. The van der Waals surface area contributed by atoms with Crippen molar-refractivity contribution in [2.75, 3.05) is 20.3 Å². The highest BCUT2D eigenvalue weighted by molar-refractivity contribution is 5.94. The van der Waals surface area contributed by atoms with Crippen molar-refractivity contribution in [3.63, 3.8) is 0 Å². The van der Waals surface area contributed by atoms with E-state index in [4.69, 9.17) is 14.2 Å². The van der Waals surface area contributed by atoms with E-state index < -0.39 is 5.97 Å². The molecule has 29 heavy (non-hydrogen) atoms. The van der Waals surface area contributed by atoms with Crippen LogP contribution in [0.25, 0.3) is 0 Å². The molecule has 1 N–H and O–H groups in total. The predicted octanol–water partition coefficient (Wildman–Crippen LogP) is 2.76. The molecule has 0 aromatic heterocycles. The monoisotopic (exact) mass is 403 g/mol. The first-order chi connectivity index (χ1) is 13.9. The Balaban J connectivity index is 1.40. The predicted molar refractivity (Wildman–Crippen MR) is 106 cm³/mol. The van der Waals surface area contributed by atoms with Gasteiger partial charge < -0.3 is 19.5 Å². The number of ether oxygens (including phenoxy) is 3. The summed E-state index contributed by atoms with van der Waals surface area (Å²) in [7, 11) is 1.45. The lowest BCUT2D eigenvalue weighted by atomic mass is 9.84. The van der Waals surface area contributed by atoms with Crippen molar-refractivity contribution in [1.29, 1.82) is 0 Å². The maximum atomic E-state index is 12.1. The molecular weight excluding hydrogens is 374 g/mol. The summed E-state index contributed by atoms with van der Waals surface area (Å²) < 4.78 is 15.6. The average Bonchev–Trinajstić information content (AvgIpc) is 3.34. The van der Waals surface area contributed by atoms with Gasteiger partial charge in [0, 0.05) is 11.6 Å². The number of fused-ring (bicyclic) bond motifs is 2. The van der Waals surface area contributed by atoms with Gasteiger partial charge in [-0.05, 0) is 69.1 Å². The van der Waals surface area contributed by atoms with E-state index in [0.717, 1.165) is 11.8 Å². The van der Waals surface area contributed by atoms with Gasteiger partial charge in [-0.1, -0.05) is 6.42 Å². The summed E-state index contributed by atoms with van der Waals surface area (Å²) in [5, 5.41) is 2.96. The Kier molecular flexibility index (Phi) is 6.77. The summed E-state index contributed by atoms with van der Waals surface area (Å²) >= 11 is 0. The van der Waals surface area contributed by atoms with Crippen molar-refractivity contribution >= 4 is 17.7 Å². The molecule has 3 rings (SSSR count). The van der Waals surface area contributed by atoms with E-state index >= 15 is 0 Å². The van der Waals surface area contributed by atoms with Gasteiger partial charge in [0.05, 0.1) is 7.11 Å². The van der Waals surface area contributed by atoms with Gasteiger partial charge in [0.25, 0.3) is 5.91 Å². The van der Waals surface area contributed by atoms with Gasteiger partial charge in [0.1, 0.15) is 0 Å². The standard InChI is InChI=1S/C22H29NO6/c1-13(18-9-15-4-5-17(18)8-15)23-21(25)11-29-22(26)12-28-19-7-6-16(14(2)24)10-20(19)27-3/h6-7,10,13,15,17-18H,4-5,8-9,11-12H2,1-3H3,(H,23,25)/t13-,15+,17+,18-/m1/s1. The second-order valence-electron chi connectivity index (χ2n) is 8.07. The Labute approximate surface area is 171 Å². The number of benzene rings is 1. The van der Waals surface area contributed by atoms with Crippen molar-refractivity contribution in [2.45, 2.75) is 45.6 Å². The number of amides is 1. The molecule has 7 nitrogen and oxygen atoms in total. The highest BCUT2D eigenvalue weighted by atomic mass is 16.6. The van der Waals surface area contributed by atoms with E-state index in [1.165, 1.54) is 39.7 Å². The van der Waals surface area contributed by atoms with Crippen LogP contribution in [0, 0.1) is 17.8 Å². The fourth-order valence-corrected chi connectivity index (χ4v) is 4.64. The van der Waals surface area contributed by atoms with E-state index in [-0.39, 0.29) is 30.9 Å². The Morgan fingerprint density at radius 2 is 1.93 bits per heavy atom. The second kappa shape index (κ2) is 9.29. The zero-order chi connectivity index (χ0) is 21.0. The van der Waals surface area contributed by atoms with Crippen LogP contribution in [0.3, 0.4) is 0 Å². The smallest absolute Gasteiger partial charge is 0.344 e. The van der Waals surface area contributed by atoms with Gasteiger partial charge in [-0.15, -0.1) is 0 Å². The van der Waals surface area contributed by atoms with Crippen LogP contribution in [0.15, 0.2) is 18.2 Å². The van der Waals surface area contributed by atoms with E-state index in [1.54, 1.807) is 18.2 Å². The van der Waals surface area contributed by atoms with Gasteiger partial charge in [-0.2, -0.15) is 0 Å². The minimum absolute atomic E-state index is 0.0943. The molecule has 2 aliphatic carbocycles. The van der Waals surface area contributed by atoms with E-state index in [1.807, 2.05) is 6.92 Å². The molecule has 2 bridgehead atoms. The molecule has 2 saturated carbocycles. The molecule has 0 radical (unpaired) electrons. The number of nitrogens with one attached hydrogen (secondary N) is 1. The normalized spacial score (nSPS) is 23.3. The van der Waals surface area contributed by atoms with Crippen LogP contribution in [-0.4, -0.2) is 44.0 Å². The first kappa shape index (κ1) is 21.1. The number of Topliss-reactive ketones (excluding diaryl/α,β-unsaturated/α-hetero) is 1. The lowest BCUT2D eigenvalue weighted by molar-refractivity contribution is -0.150. The van der Waals surface area contributed by atoms with Crippen molar-refractivity contribution in [3.8, 4) is 11.5 Å². The van der Waals surface area contributed by atoms with E-state index in [0.29, 0.717) is 23.0 Å². The SMILES string of the molecule is COc1cc(C(C)=O)ccc1OCC(=O)OCC(=O)N[C@H](C)[C@H]1C[C@H]2CC[C@H]1C2. The Morgan fingerprint density at radius 1 is 1.14 bits per heavy atom. The van der Waals surface area contributed by atoms with Crippen LogP contribution >= 0.6 is 0 Å². The molecule has 1 aromatic rings. The lowest BCUT2D eigenvalue weighted by Crippen LogP contribution is -2.42. The van der Waals surface area contributed by atoms with E-state index in [2.05, 4.69) is 5.32 Å². The van der Waals surface area contributed by atoms with Crippen molar-refractivity contribution in [2.24, 2.45) is 17.8 Å². The van der Waals surface area contributed by atoms with Crippen molar-refractivity contribution in [1.82, 2.24) is 5.32 Å². The summed E-state index contributed by atoms with van der Waals surface area (Å²) in [6, 6.07) is 4.80. The third kappa shape index (κ3) is 5.28. The van der Waals surface area contributed by atoms with Crippen molar-refractivity contribution in [3.05, 3.63) is 23.8 Å². The molecule has 7 heteroatoms. The third-order valence-corrected chi connectivity index (χ3v) is 6.10. The Bertz CT molecular complexity index is 777. The summed E-state index contributed by atoms with van der Waals surface area (Å²) in [6.07, 6.45) is 5.05. The van der Waals surface area contributed by atoms with Crippen LogP contribution in [0.4, 0.5) is 0 Å². The lowest BCUT2D eigenvalue weighted by Gasteiger charge is -2.28. The van der Waals surface area contributed by atoms with Crippen LogP contribution < -0.4 is 14.8 Å².